The van der Waals surface area contributed by atoms with Gasteiger partial charge >= 0.3 is 11.8 Å². The molecule has 2 amide bonds. The Bertz CT molecular complexity index is 907. The molecule has 3 N–H and O–H groups in total. The van der Waals surface area contributed by atoms with Crippen molar-refractivity contribution in [3.63, 3.8) is 0 Å². The Morgan fingerprint density at radius 1 is 1.04 bits per heavy atom. The summed E-state index contributed by atoms with van der Waals surface area (Å²) in [5.74, 6) is -2.00. The highest BCUT2D eigenvalue weighted by Gasteiger charge is 2.17. The highest BCUT2D eigenvalue weighted by molar-refractivity contribution is 7.16. The number of rotatable bonds is 6. The fraction of sp³-hybridized carbons (Fsp3) is 0.158. The first-order chi connectivity index (χ1) is 13.0. The number of hydrogen-bond acceptors (Lipinski definition) is 5. The van der Waals surface area contributed by atoms with Crippen LogP contribution in [0.1, 0.15) is 16.5 Å². The van der Waals surface area contributed by atoms with Crippen molar-refractivity contribution < 1.29 is 19.1 Å². The van der Waals surface area contributed by atoms with E-state index in [1.807, 2.05) is 29.0 Å². The lowest BCUT2D eigenvalue weighted by Gasteiger charge is -2.10. The highest BCUT2D eigenvalue weighted by Crippen LogP contribution is 2.32. The van der Waals surface area contributed by atoms with Gasteiger partial charge in [0.25, 0.3) is 0 Å². The fourth-order valence-corrected chi connectivity index (χ4v) is 4.05. The molecule has 0 saturated heterocycles. The lowest BCUT2D eigenvalue weighted by atomic mass is 10.2. The van der Waals surface area contributed by atoms with E-state index in [2.05, 4.69) is 10.6 Å². The van der Waals surface area contributed by atoms with Crippen molar-refractivity contribution in [3.8, 4) is 10.4 Å². The maximum atomic E-state index is 12.8. The van der Waals surface area contributed by atoms with E-state index in [1.54, 1.807) is 11.3 Å². The second-order valence-corrected chi connectivity index (χ2v) is 7.64. The molecule has 8 heteroatoms. The summed E-state index contributed by atoms with van der Waals surface area (Å²) in [6, 6.07) is 11.3. The van der Waals surface area contributed by atoms with Gasteiger partial charge in [0.1, 0.15) is 11.9 Å². The number of halogens is 1. The van der Waals surface area contributed by atoms with Crippen LogP contribution >= 0.6 is 22.7 Å². The van der Waals surface area contributed by atoms with Crippen LogP contribution < -0.4 is 10.6 Å². The first-order valence-electron chi connectivity index (χ1n) is 8.14. The molecule has 5 nitrogen and oxygen atoms in total. The Morgan fingerprint density at radius 2 is 1.78 bits per heavy atom. The third-order valence-corrected chi connectivity index (χ3v) is 5.71. The molecule has 0 radical (unpaired) electrons. The van der Waals surface area contributed by atoms with Crippen molar-refractivity contribution in [1.29, 1.82) is 0 Å². The number of thiophene rings is 2. The smallest absolute Gasteiger partial charge is 0.309 e. The van der Waals surface area contributed by atoms with Gasteiger partial charge in [-0.3, -0.25) is 9.59 Å². The van der Waals surface area contributed by atoms with E-state index in [0.717, 1.165) is 10.4 Å². The molecule has 0 aliphatic heterocycles. The molecule has 27 heavy (non-hydrogen) atoms. The van der Waals surface area contributed by atoms with E-state index < -0.39 is 17.9 Å². The molecule has 1 aromatic carbocycles. The first kappa shape index (κ1) is 19.2. The number of hydrogen-bond donors (Lipinski definition) is 3. The molecule has 0 bridgehead atoms. The van der Waals surface area contributed by atoms with E-state index in [4.69, 9.17) is 0 Å². The number of carbonyl (C=O) groups excluding carboxylic acids is 2. The monoisotopic (exact) mass is 404 g/mol. The second kappa shape index (κ2) is 8.90. The molecule has 0 fully saturated rings. The Morgan fingerprint density at radius 3 is 2.48 bits per heavy atom. The topological polar surface area (TPSA) is 78.4 Å². The minimum atomic E-state index is -0.892. The third kappa shape index (κ3) is 5.22. The van der Waals surface area contributed by atoms with Gasteiger partial charge in [-0.1, -0.05) is 12.1 Å². The Hall–Kier alpha value is -2.55. The van der Waals surface area contributed by atoms with Crippen LogP contribution in [0.25, 0.3) is 10.4 Å². The largest absolute Gasteiger partial charge is 0.386 e. The van der Waals surface area contributed by atoms with Crippen LogP contribution in [-0.4, -0.2) is 23.5 Å². The van der Waals surface area contributed by atoms with Gasteiger partial charge in [-0.25, -0.2) is 4.39 Å². The van der Waals surface area contributed by atoms with Gasteiger partial charge in [0.15, 0.2) is 0 Å². The van der Waals surface area contributed by atoms with Gasteiger partial charge in [0, 0.05) is 28.4 Å². The zero-order valence-electron chi connectivity index (χ0n) is 14.1. The molecule has 0 spiro atoms. The predicted molar refractivity (Wildman–Crippen MR) is 104 cm³/mol. The van der Waals surface area contributed by atoms with Gasteiger partial charge in [-0.2, -0.15) is 11.3 Å². The van der Waals surface area contributed by atoms with Crippen LogP contribution in [0.15, 0.2) is 53.2 Å². The SMILES string of the molecule is O=C(NCc1ccc(F)cc1)C(=O)NCC(O)c1ccc(-c2ccsc2)s1. The average molecular weight is 404 g/mol. The van der Waals surface area contributed by atoms with Crippen LogP contribution in [0.4, 0.5) is 4.39 Å². The molecular weight excluding hydrogens is 387 g/mol. The predicted octanol–water partition coefficient (Wildman–Crippen LogP) is 3.08. The van der Waals surface area contributed by atoms with Crippen LogP contribution in [0.2, 0.25) is 0 Å². The molecule has 1 unspecified atom stereocenters. The number of aliphatic hydroxyl groups excluding tert-OH is 1. The molecular formula is C19H17FN2O3S2. The van der Waals surface area contributed by atoms with Crippen molar-refractivity contribution in [2.24, 2.45) is 0 Å². The van der Waals surface area contributed by atoms with Crippen LogP contribution in [0.3, 0.4) is 0 Å². The van der Waals surface area contributed by atoms with Gasteiger partial charge in [-0.15, -0.1) is 11.3 Å². The van der Waals surface area contributed by atoms with Crippen molar-refractivity contribution in [2.45, 2.75) is 12.6 Å². The van der Waals surface area contributed by atoms with Gasteiger partial charge < -0.3 is 15.7 Å². The molecule has 1 atom stereocenters. The van der Waals surface area contributed by atoms with E-state index in [1.165, 1.54) is 35.6 Å². The van der Waals surface area contributed by atoms with Gasteiger partial charge in [0.2, 0.25) is 0 Å². The molecule has 2 heterocycles. The first-order valence-corrected chi connectivity index (χ1v) is 9.89. The summed E-state index contributed by atoms with van der Waals surface area (Å²) < 4.78 is 12.8. The zero-order chi connectivity index (χ0) is 19.2. The maximum absolute atomic E-state index is 12.8. The summed E-state index contributed by atoms with van der Waals surface area (Å²) >= 11 is 3.04. The molecule has 2 aromatic heterocycles. The Labute approximate surface area is 163 Å². The third-order valence-electron chi connectivity index (χ3n) is 3.79. The summed E-state index contributed by atoms with van der Waals surface area (Å²) in [6.45, 7) is 0.0520. The van der Waals surface area contributed by atoms with Crippen molar-refractivity contribution in [3.05, 3.63) is 69.5 Å². The normalized spacial score (nSPS) is 11.8. The van der Waals surface area contributed by atoms with Crippen LogP contribution in [0.5, 0.6) is 0 Å². The highest BCUT2D eigenvalue weighted by atomic mass is 32.1. The van der Waals surface area contributed by atoms with Crippen molar-refractivity contribution in [1.82, 2.24) is 10.6 Å². The molecule has 0 aliphatic rings. The number of aliphatic hydroxyl groups is 1. The van der Waals surface area contributed by atoms with Crippen molar-refractivity contribution in [2.75, 3.05) is 6.54 Å². The number of amides is 2. The van der Waals surface area contributed by atoms with Crippen molar-refractivity contribution >= 4 is 34.5 Å². The van der Waals surface area contributed by atoms with Crippen LogP contribution in [-0.2, 0) is 16.1 Å². The minimum Gasteiger partial charge on any atom is -0.386 e. The lowest BCUT2D eigenvalue weighted by Crippen LogP contribution is -2.41. The quantitative estimate of drug-likeness (QED) is 0.553. The van der Waals surface area contributed by atoms with E-state index in [9.17, 15) is 19.1 Å². The second-order valence-electron chi connectivity index (χ2n) is 5.75. The Balaban J connectivity index is 1.46. The maximum Gasteiger partial charge on any atom is 0.309 e. The zero-order valence-corrected chi connectivity index (χ0v) is 15.8. The molecule has 140 valence electrons. The summed E-state index contributed by atoms with van der Waals surface area (Å²) in [5.41, 5.74) is 1.77. The van der Waals surface area contributed by atoms with E-state index in [-0.39, 0.29) is 18.9 Å². The number of nitrogens with one attached hydrogen (secondary N) is 2. The average Bonchev–Trinajstić information content (AvgIpc) is 3.36. The van der Waals surface area contributed by atoms with E-state index in [0.29, 0.717) is 10.4 Å². The minimum absolute atomic E-state index is 0.0631. The summed E-state index contributed by atoms with van der Waals surface area (Å²) in [6.07, 6.45) is -0.892. The Kier molecular flexibility index (Phi) is 6.33. The fourth-order valence-electron chi connectivity index (χ4n) is 2.33. The molecule has 3 rings (SSSR count). The van der Waals surface area contributed by atoms with E-state index >= 15 is 0 Å². The summed E-state index contributed by atoms with van der Waals surface area (Å²) in [5, 5.41) is 19.1. The molecule has 3 aromatic rings. The van der Waals surface area contributed by atoms with Crippen LogP contribution in [0, 0.1) is 5.82 Å². The molecule has 0 aliphatic carbocycles. The standard InChI is InChI=1S/C19H17FN2O3S2/c20-14-3-1-12(2-4-14)9-21-18(24)19(25)22-10-15(23)17-6-5-16(27-17)13-7-8-26-11-13/h1-8,11,15,23H,9-10H2,(H,21,24)(H,22,25). The van der Waals surface area contributed by atoms with Gasteiger partial charge in [-0.05, 0) is 46.7 Å². The number of carbonyl (C=O) groups is 2. The van der Waals surface area contributed by atoms with Gasteiger partial charge in [0.05, 0.1) is 0 Å². The lowest BCUT2D eigenvalue weighted by molar-refractivity contribution is -0.139. The molecule has 0 saturated carbocycles. The summed E-state index contributed by atoms with van der Waals surface area (Å²) in [7, 11) is 0. The summed E-state index contributed by atoms with van der Waals surface area (Å²) in [4.78, 5) is 25.4. The number of benzene rings is 1.